The van der Waals surface area contributed by atoms with Crippen molar-refractivity contribution in [1.82, 2.24) is 10.1 Å². The van der Waals surface area contributed by atoms with E-state index in [1.54, 1.807) is 0 Å². The van der Waals surface area contributed by atoms with E-state index in [4.69, 9.17) is 16.0 Å². The maximum absolute atomic E-state index is 10.6. The van der Waals surface area contributed by atoms with E-state index >= 15 is 0 Å². The highest BCUT2D eigenvalue weighted by Gasteiger charge is 2.22. The third-order valence-corrected chi connectivity index (χ3v) is 2.31. The number of nitrogens with two attached hydrogens (primary N) is 2. The standard InChI is InChI=1S/C8H13N5O2/c9-5(4-6(10)14)7-11-8(12-15-7)13-2-1-3-13/h5H,1-4,9H2,(H2,10,14)/t5-/m0/s1. The summed E-state index contributed by atoms with van der Waals surface area (Å²) in [6.07, 6.45) is 1.15. The lowest BCUT2D eigenvalue weighted by Gasteiger charge is -2.28. The molecule has 1 saturated heterocycles. The molecule has 0 radical (unpaired) electrons. The third kappa shape index (κ3) is 2.07. The van der Waals surface area contributed by atoms with Crippen LogP contribution in [0.1, 0.15) is 24.8 Å². The Morgan fingerprint density at radius 2 is 2.33 bits per heavy atom. The number of nitrogens with zero attached hydrogens (tertiary/aromatic N) is 3. The van der Waals surface area contributed by atoms with Gasteiger partial charge in [-0.2, -0.15) is 4.98 Å². The number of rotatable bonds is 4. The Balaban J connectivity index is 2.02. The third-order valence-electron chi connectivity index (χ3n) is 2.31. The Kier molecular flexibility index (Phi) is 2.55. The molecule has 0 spiro atoms. The number of anilines is 1. The monoisotopic (exact) mass is 211 g/mol. The first-order valence-electron chi connectivity index (χ1n) is 4.79. The minimum atomic E-state index is -0.606. The van der Waals surface area contributed by atoms with E-state index in [1.807, 2.05) is 4.90 Å². The van der Waals surface area contributed by atoms with Gasteiger partial charge < -0.3 is 20.9 Å². The van der Waals surface area contributed by atoms with E-state index < -0.39 is 11.9 Å². The quantitative estimate of drug-likeness (QED) is 0.671. The predicted octanol–water partition coefficient (Wildman–Crippen LogP) is -0.845. The van der Waals surface area contributed by atoms with Gasteiger partial charge in [-0.15, -0.1) is 0 Å². The SMILES string of the molecule is NC(=O)C[C@H](N)c1nc(N2CCC2)no1. The average Bonchev–Trinajstić information content (AvgIpc) is 2.48. The molecular formula is C8H13N5O2. The van der Waals surface area contributed by atoms with Gasteiger partial charge in [-0.3, -0.25) is 4.79 Å². The Hall–Kier alpha value is -1.63. The van der Waals surface area contributed by atoms with Crippen LogP contribution in [0.3, 0.4) is 0 Å². The van der Waals surface area contributed by atoms with Crippen LogP contribution in [0.5, 0.6) is 0 Å². The van der Waals surface area contributed by atoms with Gasteiger partial charge in [-0.1, -0.05) is 0 Å². The first-order valence-corrected chi connectivity index (χ1v) is 4.79. The molecular weight excluding hydrogens is 198 g/mol. The van der Waals surface area contributed by atoms with Crippen molar-refractivity contribution in [2.75, 3.05) is 18.0 Å². The molecule has 15 heavy (non-hydrogen) atoms. The number of carbonyl (C=O) groups excluding carboxylic acids is 1. The molecule has 1 aliphatic rings. The maximum atomic E-state index is 10.6. The molecule has 0 unspecified atom stereocenters. The Morgan fingerprint density at radius 1 is 1.60 bits per heavy atom. The zero-order valence-corrected chi connectivity index (χ0v) is 8.22. The number of primary amides is 1. The zero-order valence-electron chi connectivity index (χ0n) is 8.22. The molecule has 2 heterocycles. The summed E-state index contributed by atoms with van der Waals surface area (Å²) in [7, 11) is 0. The largest absolute Gasteiger partial charge is 0.370 e. The van der Waals surface area contributed by atoms with E-state index in [0.29, 0.717) is 5.95 Å². The summed E-state index contributed by atoms with van der Waals surface area (Å²) in [4.78, 5) is 16.7. The lowest BCUT2D eigenvalue weighted by atomic mass is 10.2. The van der Waals surface area contributed by atoms with Crippen molar-refractivity contribution in [2.45, 2.75) is 18.9 Å². The molecule has 1 aromatic heterocycles. The van der Waals surface area contributed by atoms with Crippen molar-refractivity contribution in [2.24, 2.45) is 11.5 Å². The number of aromatic nitrogens is 2. The second kappa shape index (κ2) is 3.85. The molecule has 1 fully saturated rings. The topological polar surface area (TPSA) is 111 Å². The van der Waals surface area contributed by atoms with Gasteiger partial charge in [-0.05, 0) is 11.6 Å². The fourth-order valence-corrected chi connectivity index (χ4v) is 1.33. The van der Waals surface area contributed by atoms with Gasteiger partial charge in [0.05, 0.1) is 12.5 Å². The molecule has 2 rings (SSSR count). The van der Waals surface area contributed by atoms with Gasteiger partial charge in [0, 0.05) is 13.1 Å². The van der Waals surface area contributed by atoms with E-state index in [-0.39, 0.29) is 12.3 Å². The van der Waals surface area contributed by atoms with Crippen molar-refractivity contribution in [1.29, 1.82) is 0 Å². The van der Waals surface area contributed by atoms with Crippen molar-refractivity contribution in [3.05, 3.63) is 5.89 Å². The van der Waals surface area contributed by atoms with E-state index in [0.717, 1.165) is 19.5 Å². The minimum absolute atomic E-state index is 0.0155. The van der Waals surface area contributed by atoms with E-state index in [1.165, 1.54) is 0 Å². The molecule has 0 aliphatic carbocycles. The molecule has 4 N–H and O–H groups in total. The molecule has 0 saturated carbocycles. The van der Waals surface area contributed by atoms with Crippen LogP contribution in [0.25, 0.3) is 0 Å². The first kappa shape index (κ1) is 9.91. The second-order valence-electron chi connectivity index (χ2n) is 3.55. The summed E-state index contributed by atoms with van der Waals surface area (Å²) in [6.45, 7) is 1.87. The van der Waals surface area contributed by atoms with Crippen LogP contribution in [-0.4, -0.2) is 29.1 Å². The first-order chi connectivity index (χ1) is 7.16. The van der Waals surface area contributed by atoms with Gasteiger partial charge in [-0.25, -0.2) is 0 Å². The smallest absolute Gasteiger partial charge is 0.266 e. The molecule has 1 amide bonds. The molecule has 1 atom stereocenters. The van der Waals surface area contributed by atoms with Gasteiger partial charge in [0.25, 0.3) is 5.95 Å². The second-order valence-corrected chi connectivity index (χ2v) is 3.55. The predicted molar refractivity (Wildman–Crippen MR) is 51.9 cm³/mol. The fraction of sp³-hybridized carbons (Fsp3) is 0.625. The summed E-state index contributed by atoms with van der Waals surface area (Å²) in [5.74, 6) is 0.318. The summed E-state index contributed by atoms with van der Waals surface area (Å²) >= 11 is 0. The molecule has 0 bridgehead atoms. The van der Waals surface area contributed by atoms with Crippen LogP contribution in [0.2, 0.25) is 0 Å². The molecule has 82 valence electrons. The summed E-state index contributed by atoms with van der Waals surface area (Å²) in [6, 6.07) is -0.606. The van der Waals surface area contributed by atoms with Crippen LogP contribution in [0.4, 0.5) is 5.95 Å². The normalized spacial score (nSPS) is 17.3. The molecule has 7 heteroatoms. The summed E-state index contributed by atoms with van der Waals surface area (Å²) in [5.41, 5.74) is 10.7. The van der Waals surface area contributed by atoms with Crippen LogP contribution >= 0.6 is 0 Å². The van der Waals surface area contributed by atoms with Gasteiger partial charge in [0.15, 0.2) is 0 Å². The lowest BCUT2D eigenvalue weighted by molar-refractivity contribution is -0.118. The summed E-state index contributed by atoms with van der Waals surface area (Å²) < 4.78 is 4.95. The van der Waals surface area contributed by atoms with E-state index in [9.17, 15) is 4.79 Å². The van der Waals surface area contributed by atoms with Gasteiger partial charge >= 0.3 is 0 Å². The van der Waals surface area contributed by atoms with Crippen molar-refractivity contribution >= 4 is 11.9 Å². The number of carbonyl (C=O) groups is 1. The Labute approximate surface area is 86.4 Å². The van der Waals surface area contributed by atoms with Gasteiger partial charge in [0.1, 0.15) is 0 Å². The van der Waals surface area contributed by atoms with Crippen LogP contribution in [0.15, 0.2) is 4.52 Å². The van der Waals surface area contributed by atoms with Crippen LogP contribution in [0, 0.1) is 0 Å². The van der Waals surface area contributed by atoms with Crippen LogP contribution in [-0.2, 0) is 4.79 Å². The van der Waals surface area contributed by atoms with Crippen molar-refractivity contribution in [3.8, 4) is 0 Å². The lowest BCUT2D eigenvalue weighted by Crippen LogP contribution is -2.37. The Morgan fingerprint density at radius 3 is 2.87 bits per heavy atom. The van der Waals surface area contributed by atoms with Crippen molar-refractivity contribution < 1.29 is 9.32 Å². The highest BCUT2D eigenvalue weighted by atomic mass is 16.5. The minimum Gasteiger partial charge on any atom is -0.370 e. The number of amides is 1. The zero-order chi connectivity index (χ0) is 10.8. The van der Waals surface area contributed by atoms with Crippen LogP contribution < -0.4 is 16.4 Å². The Bertz CT molecular complexity index is 360. The molecule has 7 nitrogen and oxygen atoms in total. The highest BCUT2D eigenvalue weighted by Crippen LogP contribution is 2.19. The maximum Gasteiger partial charge on any atom is 0.266 e. The van der Waals surface area contributed by atoms with Gasteiger partial charge in [0.2, 0.25) is 11.8 Å². The van der Waals surface area contributed by atoms with Crippen molar-refractivity contribution in [3.63, 3.8) is 0 Å². The van der Waals surface area contributed by atoms with E-state index in [2.05, 4.69) is 10.1 Å². The highest BCUT2D eigenvalue weighted by molar-refractivity contribution is 5.74. The molecule has 0 aromatic carbocycles. The molecule has 1 aliphatic heterocycles. The average molecular weight is 211 g/mol. The number of hydrogen-bond acceptors (Lipinski definition) is 6. The molecule has 1 aromatic rings. The summed E-state index contributed by atoms with van der Waals surface area (Å²) in [5, 5.41) is 3.77. The number of hydrogen-bond donors (Lipinski definition) is 2. The fourth-order valence-electron chi connectivity index (χ4n) is 1.33.